The van der Waals surface area contributed by atoms with E-state index in [0.717, 1.165) is 0 Å². The molecule has 4 amide bonds. The number of urea groups is 1. The molecule has 0 unspecified atom stereocenters. The molecule has 0 aliphatic carbocycles. The lowest BCUT2D eigenvalue weighted by molar-refractivity contribution is 0.0282. The van der Waals surface area contributed by atoms with Crippen molar-refractivity contribution in [2.75, 3.05) is 26.2 Å². The van der Waals surface area contributed by atoms with E-state index >= 15 is 0 Å². The highest BCUT2D eigenvalue weighted by molar-refractivity contribution is 5.75. The van der Waals surface area contributed by atoms with Gasteiger partial charge in [0.05, 0.1) is 0 Å². The molecule has 160 valence electrons. The highest BCUT2D eigenvalue weighted by Crippen LogP contribution is 2.17. The fraction of sp³-hybridized carbons (Fsp3) is 0.842. The predicted octanol–water partition coefficient (Wildman–Crippen LogP) is 2.30. The van der Waals surface area contributed by atoms with Crippen molar-refractivity contribution in [2.45, 2.75) is 77.7 Å². The van der Waals surface area contributed by atoms with Crippen LogP contribution in [0.2, 0.25) is 0 Å². The maximum atomic E-state index is 12.3. The van der Waals surface area contributed by atoms with Crippen molar-refractivity contribution in [1.82, 2.24) is 20.4 Å². The summed E-state index contributed by atoms with van der Waals surface area (Å²) in [5, 5.41) is 5.80. The molecule has 0 aromatic rings. The molecule has 2 saturated heterocycles. The van der Waals surface area contributed by atoms with Crippen LogP contribution in [0.1, 0.15) is 54.4 Å². The lowest BCUT2D eigenvalue weighted by atomic mass is 10.2. The number of amides is 4. The molecular weight excluding hydrogens is 364 g/mol. The molecule has 0 bridgehead atoms. The highest BCUT2D eigenvalue weighted by atomic mass is 16.6. The van der Waals surface area contributed by atoms with Gasteiger partial charge in [-0.25, -0.2) is 14.4 Å². The van der Waals surface area contributed by atoms with Gasteiger partial charge in [-0.1, -0.05) is 0 Å². The van der Waals surface area contributed by atoms with Crippen molar-refractivity contribution in [2.24, 2.45) is 0 Å². The van der Waals surface area contributed by atoms with E-state index in [9.17, 15) is 14.4 Å². The van der Waals surface area contributed by atoms with Crippen LogP contribution < -0.4 is 10.6 Å². The van der Waals surface area contributed by atoms with E-state index in [2.05, 4.69) is 10.6 Å². The van der Waals surface area contributed by atoms with Crippen molar-refractivity contribution >= 4 is 18.2 Å². The molecule has 2 heterocycles. The average Bonchev–Trinajstić information content (AvgIpc) is 3.13. The lowest BCUT2D eigenvalue weighted by Crippen LogP contribution is -2.48. The van der Waals surface area contributed by atoms with Gasteiger partial charge in [0.25, 0.3) is 0 Å². The van der Waals surface area contributed by atoms with Crippen LogP contribution in [0.25, 0.3) is 0 Å². The van der Waals surface area contributed by atoms with Gasteiger partial charge in [0.15, 0.2) is 0 Å². The Bertz CT molecular complexity index is 546. The fourth-order valence-corrected chi connectivity index (χ4v) is 3.15. The first-order valence-electron chi connectivity index (χ1n) is 9.85. The number of likely N-dealkylation sites (tertiary alicyclic amines) is 2. The Morgan fingerprint density at radius 1 is 0.750 bits per heavy atom. The van der Waals surface area contributed by atoms with Gasteiger partial charge in [0.1, 0.15) is 11.2 Å². The molecule has 2 aliphatic heterocycles. The first-order valence-corrected chi connectivity index (χ1v) is 9.85. The number of carbonyl (C=O) groups excluding carboxylic acids is 3. The zero-order valence-corrected chi connectivity index (χ0v) is 17.8. The third-order valence-corrected chi connectivity index (χ3v) is 4.35. The standard InChI is InChI=1S/C19H34N4O5/c1-18(2,3)27-16(25)22-9-7-13(11-22)20-15(24)21-14-8-10-23(12-14)17(26)28-19(4,5)6/h13-14H,7-12H2,1-6H3,(H2,20,21,24)/t13-,14-/m0/s1. The van der Waals surface area contributed by atoms with Crippen LogP contribution in [0.5, 0.6) is 0 Å². The summed E-state index contributed by atoms with van der Waals surface area (Å²) in [4.78, 5) is 39.7. The molecule has 0 saturated carbocycles. The molecule has 0 spiro atoms. The SMILES string of the molecule is CC(C)(C)OC(=O)N1CC[C@H](NC(=O)N[C@H]2CCN(C(=O)OC(C)(C)C)C2)C1. The van der Waals surface area contributed by atoms with Crippen LogP contribution in [0.4, 0.5) is 14.4 Å². The molecule has 9 nitrogen and oxygen atoms in total. The van der Waals surface area contributed by atoms with E-state index in [1.54, 1.807) is 9.80 Å². The topological polar surface area (TPSA) is 100 Å². The quantitative estimate of drug-likeness (QED) is 0.743. The van der Waals surface area contributed by atoms with Crippen LogP contribution >= 0.6 is 0 Å². The maximum absolute atomic E-state index is 12.3. The Balaban J connectivity index is 1.72. The van der Waals surface area contributed by atoms with E-state index in [1.165, 1.54) is 0 Å². The molecule has 28 heavy (non-hydrogen) atoms. The maximum Gasteiger partial charge on any atom is 0.410 e. The van der Waals surface area contributed by atoms with Crippen molar-refractivity contribution in [3.05, 3.63) is 0 Å². The summed E-state index contributed by atoms with van der Waals surface area (Å²) < 4.78 is 10.7. The molecule has 9 heteroatoms. The third-order valence-electron chi connectivity index (χ3n) is 4.35. The van der Waals surface area contributed by atoms with E-state index in [0.29, 0.717) is 39.0 Å². The first kappa shape index (κ1) is 22.1. The number of rotatable bonds is 2. The number of nitrogens with one attached hydrogen (secondary N) is 2. The van der Waals surface area contributed by atoms with Crippen LogP contribution in [0.15, 0.2) is 0 Å². The van der Waals surface area contributed by atoms with Gasteiger partial charge in [0.2, 0.25) is 0 Å². The molecule has 2 fully saturated rings. The second-order valence-electron chi connectivity index (χ2n) is 9.44. The van der Waals surface area contributed by atoms with Crippen molar-refractivity contribution in [1.29, 1.82) is 0 Å². The molecule has 2 aliphatic rings. The second-order valence-corrected chi connectivity index (χ2v) is 9.44. The van der Waals surface area contributed by atoms with Crippen molar-refractivity contribution in [3.63, 3.8) is 0 Å². The molecule has 0 aromatic carbocycles. The number of hydrogen-bond donors (Lipinski definition) is 2. The van der Waals surface area contributed by atoms with Gasteiger partial charge >= 0.3 is 18.2 Å². The summed E-state index contributed by atoms with van der Waals surface area (Å²) in [7, 11) is 0. The zero-order chi connectivity index (χ0) is 21.1. The summed E-state index contributed by atoms with van der Waals surface area (Å²) in [5.74, 6) is 0. The molecule has 2 rings (SSSR count). The normalized spacial score (nSPS) is 22.8. The number of carbonyl (C=O) groups is 3. The Hall–Kier alpha value is -2.19. The van der Waals surface area contributed by atoms with Crippen LogP contribution in [-0.2, 0) is 9.47 Å². The Morgan fingerprint density at radius 3 is 1.43 bits per heavy atom. The van der Waals surface area contributed by atoms with Gasteiger partial charge in [-0.3, -0.25) is 0 Å². The monoisotopic (exact) mass is 398 g/mol. The van der Waals surface area contributed by atoms with Crippen molar-refractivity contribution < 1.29 is 23.9 Å². The minimum absolute atomic E-state index is 0.115. The Kier molecular flexibility index (Phi) is 6.67. The van der Waals surface area contributed by atoms with Crippen LogP contribution in [0, 0.1) is 0 Å². The first-order chi connectivity index (χ1) is 12.8. The van der Waals surface area contributed by atoms with E-state index in [4.69, 9.17) is 9.47 Å². The summed E-state index contributed by atoms with van der Waals surface area (Å²) in [6, 6.07) is -0.515. The number of hydrogen-bond acceptors (Lipinski definition) is 5. The number of nitrogens with zero attached hydrogens (tertiary/aromatic N) is 2. The highest BCUT2D eigenvalue weighted by Gasteiger charge is 2.33. The second kappa shape index (κ2) is 8.45. The van der Waals surface area contributed by atoms with Gasteiger partial charge < -0.3 is 29.9 Å². The Morgan fingerprint density at radius 2 is 1.11 bits per heavy atom. The molecule has 2 N–H and O–H groups in total. The third kappa shape index (κ3) is 7.09. The predicted molar refractivity (Wildman–Crippen MR) is 104 cm³/mol. The summed E-state index contributed by atoms with van der Waals surface area (Å²) in [6.45, 7) is 12.9. The average molecular weight is 399 g/mol. The largest absolute Gasteiger partial charge is 0.444 e. The van der Waals surface area contributed by atoms with E-state index in [-0.39, 0.29) is 30.3 Å². The number of ether oxygens (including phenoxy) is 2. The molecular formula is C19H34N4O5. The van der Waals surface area contributed by atoms with E-state index in [1.807, 2.05) is 41.5 Å². The van der Waals surface area contributed by atoms with E-state index < -0.39 is 11.2 Å². The minimum atomic E-state index is -0.539. The van der Waals surface area contributed by atoms with Gasteiger partial charge in [-0.05, 0) is 54.4 Å². The summed E-state index contributed by atoms with van der Waals surface area (Å²) in [5.41, 5.74) is -1.08. The minimum Gasteiger partial charge on any atom is -0.444 e. The zero-order valence-electron chi connectivity index (χ0n) is 17.8. The fourth-order valence-electron chi connectivity index (χ4n) is 3.15. The van der Waals surface area contributed by atoms with Gasteiger partial charge in [-0.2, -0.15) is 0 Å². The van der Waals surface area contributed by atoms with Crippen molar-refractivity contribution in [3.8, 4) is 0 Å². The Labute approximate surface area is 167 Å². The van der Waals surface area contributed by atoms with Gasteiger partial charge in [-0.15, -0.1) is 0 Å². The lowest BCUT2D eigenvalue weighted by Gasteiger charge is -2.25. The molecule has 0 aromatic heterocycles. The van der Waals surface area contributed by atoms with Crippen LogP contribution in [0.3, 0.4) is 0 Å². The van der Waals surface area contributed by atoms with Gasteiger partial charge in [0, 0.05) is 38.3 Å². The summed E-state index contributed by atoms with van der Waals surface area (Å²) >= 11 is 0. The smallest absolute Gasteiger partial charge is 0.410 e. The molecule has 2 atom stereocenters. The summed E-state index contributed by atoms with van der Waals surface area (Å²) in [6.07, 6.45) is 0.643. The molecule has 0 radical (unpaired) electrons. The van der Waals surface area contributed by atoms with Crippen LogP contribution in [-0.4, -0.2) is 77.5 Å².